The lowest BCUT2D eigenvalue weighted by Gasteiger charge is -2.32. The van der Waals surface area contributed by atoms with Gasteiger partial charge in [0.25, 0.3) is 5.91 Å². The van der Waals surface area contributed by atoms with Gasteiger partial charge in [-0.3, -0.25) is 4.79 Å². The molecule has 2 N–H and O–H groups in total. The van der Waals surface area contributed by atoms with Crippen LogP contribution in [0.3, 0.4) is 0 Å². The summed E-state index contributed by atoms with van der Waals surface area (Å²) in [5.74, 6) is -4.02. The van der Waals surface area contributed by atoms with Gasteiger partial charge in [-0.1, -0.05) is 30.3 Å². The summed E-state index contributed by atoms with van der Waals surface area (Å²) in [5, 5.41) is 2.38. The largest absolute Gasteiger partial charge is 0.325 e. The van der Waals surface area contributed by atoms with Crippen LogP contribution >= 0.6 is 0 Å². The standard InChI is InChI=1S/C21H23F3N2O/c1-14(21(27)25-18-8-7-17(22)19(23)20(18)24)26-11-9-16(10-12-26)13-15-5-3-2-4-6-15/h2-8,14,16H,9-13H2,1H3,(H,25,27)/p+1/t14-/m1/s1. The second kappa shape index (κ2) is 8.57. The zero-order chi connectivity index (χ0) is 19.4. The first-order chi connectivity index (χ1) is 13.0. The lowest BCUT2D eigenvalue weighted by Crippen LogP contribution is -3.17. The van der Waals surface area contributed by atoms with E-state index in [1.807, 2.05) is 18.2 Å². The molecule has 1 fully saturated rings. The molecule has 1 amide bonds. The van der Waals surface area contributed by atoms with E-state index in [-0.39, 0.29) is 5.69 Å². The lowest BCUT2D eigenvalue weighted by molar-refractivity contribution is -0.919. The molecule has 3 rings (SSSR count). The fraction of sp³-hybridized carbons (Fsp3) is 0.381. The van der Waals surface area contributed by atoms with Crippen LogP contribution in [0.1, 0.15) is 25.3 Å². The van der Waals surface area contributed by atoms with Gasteiger partial charge in [0.1, 0.15) is 0 Å². The van der Waals surface area contributed by atoms with E-state index in [0.29, 0.717) is 5.92 Å². The van der Waals surface area contributed by atoms with E-state index in [9.17, 15) is 18.0 Å². The van der Waals surface area contributed by atoms with Crippen molar-refractivity contribution in [1.29, 1.82) is 0 Å². The number of nitrogens with one attached hydrogen (secondary N) is 2. The molecule has 1 heterocycles. The highest BCUT2D eigenvalue weighted by Gasteiger charge is 2.30. The summed E-state index contributed by atoms with van der Waals surface area (Å²) in [6.07, 6.45) is 3.07. The Morgan fingerprint density at radius 2 is 1.74 bits per heavy atom. The quantitative estimate of drug-likeness (QED) is 0.772. The minimum absolute atomic E-state index is 0.330. The molecule has 0 unspecified atom stereocenters. The van der Waals surface area contributed by atoms with Crippen LogP contribution in [0.4, 0.5) is 18.9 Å². The van der Waals surface area contributed by atoms with E-state index in [1.165, 1.54) is 5.56 Å². The van der Waals surface area contributed by atoms with Gasteiger partial charge >= 0.3 is 0 Å². The third-order valence-corrected chi connectivity index (χ3v) is 5.41. The van der Waals surface area contributed by atoms with Gasteiger partial charge in [0.15, 0.2) is 23.5 Å². The Balaban J connectivity index is 1.53. The van der Waals surface area contributed by atoms with Crippen molar-refractivity contribution in [3.63, 3.8) is 0 Å². The number of carbonyl (C=O) groups is 1. The van der Waals surface area contributed by atoms with E-state index in [2.05, 4.69) is 17.4 Å². The van der Waals surface area contributed by atoms with Crippen LogP contribution in [0, 0.1) is 23.4 Å². The van der Waals surface area contributed by atoms with Crippen LogP contribution in [0.2, 0.25) is 0 Å². The number of carbonyl (C=O) groups excluding carboxylic acids is 1. The highest BCUT2D eigenvalue weighted by atomic mass is 19.2. The molecule has 6 heteroatoms. The molecule has 1 aliphatic rings. The molecule has 144 valence electrons. The molecule has 0 aliphatic carbocycles. The summed E-state index contributed by atoms with van der Waals surface area (Å²) in [5.41, 5.74) is 0.995. The third-order valence-electron chi connectivity index (χ3n) is 5.41. The number of piperidine rings is 1. The molecular formula is C21H24F3N2O+. The number of rotatable bonds is 5. The third kappa shape index (κ3) is 4.69. The van der Waals surface area contributed by atoms with Gasteiger partial charge in [-0.05, 0) is 49.8 Å². The highest BCUT2D eigenvalue weighted by Crippen LogP contribution is 2.20. The SMILES string of the molecule is C[C@H](C(=O)Nc1ccc(F)c(F)c1F)[NH+]1CCC(Cc2ccccc2)CC1. The van der Waals surface area contributed by atoms with Crippen LogP contribution in [-0.2, 0) is 11.2 Å². The van der Waals surface area contributed by atoms with Crippen LogP contribution in [0.5, 0.6) is 0 Å². The number of benzene rings is 2. The van der Waals surface area contributed by atoms with E-state index < -0.39 is 29.4 Å². The number of likely N-dealkylation sites (tertiary alicyclic amines) is 1. The maximum atomic E-state index is 13.8. The molecular weight excluding hydrogens is 353 g/mol. The first-order valence-corrected chi connectivity index (χ1v) is 9.28. The average Bonchev–Trinajstić information content (AvgIpc) is 2.69. The number of quaternary nitrogens is 1. The van der Waals surface area contributed by atoms with Crippen molar-refractivity contribution in [3.05, 3.63) is 65.5 Å². The van der Waals surface area contributed by atoms with Gasteiger partial charge in [-0.15, -0.1) is 0 Å². The minimum atomic E-state index is -1.57. The predicted octanol–water partition coefficient (Wildman–Crippen LogP) is 2.97. The molecule has 3 nitrogen and oxygen atoms in total. The Morgan fingerprint density at radius 1 is 1.07 bits per heavy atom. The Morgan fingerprint density at radius 3 is 2.41 bits per heavy atom. The second-order valence-electron chi connectivity index (χ2n) is 7.23. The van der Waals surface area contributed by atoms with Crippen LogP contribution < -0.4 is 10.2 Å². The van der Waals surface area contributed by atoms with Crippen molar-refractivity contribution in [2.45, 2.75) is 32.2 Å². The number of amides is 1. The van der Waals surface area contributed by atoms with E-state index in [1.54, 1.807) is 6.92 Å². The van der Waals surface area contributed by atoms with Gasteiger partial charge in [-0.25, -0.2) is 13.2 Å². The van der Waals surface area contributed by atoms with Gasteiger partial charge in [-0.2, -0.15) is 0 Å². The Bertz CT molecular complexity index is 790. The van der Waals surface area contributed by atoms with Crippen LogP contribution in [-0.4, -0.2) is 25.0 Å². The minimum Gasteiger partial charge on any atom is -0.325 e. The van der Waals surface area contributed by atoms with Gasteiger partial charge < -0.3 is 10.2 Å². The number of anilines is 1. The van der Waals surface area contributed by atoms with Crippen LogP contribution in [0.25, 0.3) is 0 Å². The number of hydrogen-bond donors (Lipinski definition) is 2. The summed E-state index contributed by atoms with van der Waals surface area (Å²) < 4.78 is 40.1. The summed E-state index contributed by atoms with van der Waals surface area (Å²) >= 11 is 0. The molecule has 27 heavy (non-hydrogen) atoms. The zero-order valence-corrected chi connectivity index (χ0v) is 15.3. The smallest absolute Gasteiger partial charge is 0.282 e. The summed E-state index contributed by atoms with van der Waals surface area (Å²) in [7, 11) is 0. The van der Waals surface area contributed by atoms with E-state index in [0.717, 1.165) is 49.4 Å². The maximum Gasteiger partial charge on any atom is 0.282 e. The summed E-state index contributed by atoms with van der Waals surface area (Å²) in [4.78, 5) is 13.5. The molecule has 0 radical (unpaired) electrons. The van der Waals surface area contributed by atoms with E-state index in [4.69, 9.17) is 0 Å². The highest BCUT2D eigenvalue weighted by molar-refractivity contribution is 5.93. The predicted molar refractivity (Wildman–Crippen MR) is 98.0 cm³/mol. The molecule has 0 spiro atoms. The first-order valence-electron chi connectivity index (χ1n) is 9.28. The Kier molecular flexibility index (Phi) is 6.16. The normalized spacial score (nSPS) is 20.9. The topological polar surface area (TPSA) is 33.5 Å². The molecule has 1 atom stereocenters. The van der Waals surface area contributed by atoms with Crippen molar-refractivity contribution in [1.82, 2.24) is 0 Å². The lowest BCUT2D eigenvalue weighted by atomic mass is 9.89. The van der Waals surface area contributed by atoms with Crippen molar-refractivity contribution in [2.24, 2.45) is 5.92 Å². The molecule has 2 aromatic rings. The fourth-order valence-corrected chi connectivity index (χ4v) is 3.68. The zero-order valence-electron chi connectivity index (χ0n) is 15.3. The Hall–Kier alpha value is -2.34. The molecule has 0 bridgehead atoms. The van der Waals surface area contributed by atoms with Crippen molar-refractivity contribution in [2.75, 3.05) is 18.4 Å². The maximum absolute atomic E-state index is 13.8. The molecule has 1 saturated heterocycles. The summed E-state index contributed by atoms with van der Waals surface area (Å²) in [6, 6.07) is 11.8. The molecule has 0 saturated carbocycles. The van der Waals surface area contributed by atoms with Crippen LogP contribution in [0.15, 0.2) is 42.5 Å². The molecule has 2 aromatic carbocycles. The monoisotopic (exact) mass is 377 g/mol. The van der Waals surface area contributed by atoms with E-state index >= 15 is 0 Å². The average molecular weight is 377 g/mol. The van der Waals surface area contributed by atoms with Gasteiger partial charge in [0, 0.05) is 0 Å². The molecule has 0 aromatic heterocycles. The first kappa shape index (κ1) is 19.4. The second-order valence-corrected chi connectivity index (χ2v) is 7.23. The van der Waals surface area contributed by atoms with Gasteiger partial charge in [0.2, 0.25) is 0 Å². The van der Waals surface area contributed by atoms with Crippen molar-refractivity contribution in [3.8, 4) is 0 Å². The Labute approximate surface area is 157 Å². The van der Waals surface area contributed by atoms with Crippen molar-refractivity contribution >= 4 is 11.6 Å². The number of hydrogen-bond acceptors (Lipinski definition) is 1. The fourth-order valence-electron chi connectivity index (χ4n) is 3.68. The molecule has 1 aliphatic heterocycles. The van der Waals surface area contributed by atoms with Crippen molar-refractivity contribution < 1.29 is 22.9 Å². The summed E-state index contributed by atoms with van der Waals surface area (Å²) in [6.45, 7) is 3.48. The van der Waals surface area contributed by atoms with Gasteiger partial charge in [0.05, 0.1) is 18.8 Å². The number of halogens is 3.